The maximum atomic E-state index is 10.4. The first-order chi connectivity index (χ1) is 10.1. The van der Waals surface area contributed by atoms with Crippen LogP contribution in [0, 0.1) is 0 Å². The van der Waals surface area contributed by atoms with E-state index in [9.17, 15) is 4.79 Å². The Kier molecular flexibility index (Phi) is 12.0. The molecular weight excluding hydrogens is 260 g/mol. The molecule has 1 aromatic carbocycles. The van der Waals surface area contributed by atoms with Gasteiger partial charge in [0.1, 0.15) is 0 Å². The second-order valence-corrected chi connectivity index (χ2v) is 5.04. The summed E-state index contributed by atoms with van der Waals surface area (Å²) in [7, 11) is 0. The number of carbonyl (C=O) groups is 1. The minimum atomic E-state index is -0.853. The van der Waals surface area contributed by atoms with Gasteiger partial charge in [0.25, 0.3) is 0 Å². The first-order valence-corrected chi connectivity index (χ1v) is 7.70. The molecule has 0 saturated carbocycles. The summed E-state index contributed by atoms with van der Waals surface area (Å²) in [5.41, 5.74) is 1.52. The second-order valence-electron chi connectivity index (χ2n) is 5.04. The zero-order chi connectivity index (χ0) is 15.9. The Morgan fingerprint density at radius 3 is 2.14 bits per heavy atom. The van der Waals surface area contributed by atoms with Crippen molar-refractivity contribution in [3.8, 4) is 0 Å². The first kappa shape index (κ1) is 19.2. The monoisotopic (exact) mass is 288 g/mol. The maximum absolute atomic E-state index is 10.4. The molecule has 0 heterocycles. The van der Waals surface area contributed by atoms with Crippen molar-refractivity contribution in [2.75, 3.05) is 0 Å². The number of carboxylic acid groups (broad SMARTS) is 1. The van der Waals surface area contributed by atoms with Crippen LogP contribution < -0.4 is 0 Å². The van der Waals surface area contributed by atoms with Gasteiger partial charge in [-0.05, 0) is 18.4 Å². The molecule has 2 heteroatoms. The Bertz CT molecular complexity index is 407. The third kappa shape index (κ3) is 11.7. The maximum Gasteiger partial charge on any atom is 0.330 e. The Hall–Kier alpha value is -1.83. The van der Waals surface area contributed by atoms with Crippen LogP contribution in [0.5, 0.6) is 0 Å². The van der Waals surface area contributed by atoms with Crippen molar-refractivity contribution in [2.24, 2.45) is 0 Å². The molecular formula is C19H28O2. The van der Waals surface area contributed by atoms with Crippen molar-refractivity contribution in [3.63, 3.8) is 0 Å². The van der Waals surface area contributed by atoms with Crippen LogP contribution in [0.4, 0.5) is 0 Å². The summed E-state index contributed by atoms with van der Waals surface area (Å²) in [4.78, 5) is 10.4. The van der Waals surface area contributed by atoms with Crippen molar-refractivity contribution >= 4 is 12.0 Å². The number of rotatable bonds is 9. The Morgan fingerprint density at radius 2 is 1.67 bits per heavy atom. The van der Waals surface area contributed by atoms with Gasteiger partial charge < -0.3 is 5.11 Å². The molecule has 0 saturated heterocycles. The van der Waals surface area contributed by atoms with E-state index in [0.717, 1.165) is 12.8 Å². The van der Waals surface area contributed by atoms with Crippen molar-refractivity contribution < 1.29 is 9.90 Å². The average molecular weight is 288 g/mol. The molecule has 116 valence electrons. The van der Waals surface area contributed by atoms with Crippen LogP contribution in [0.1, 0.15) is 57.4 Å². The standard InChI is InChI=1S/C11H20O2.C8H8/c1-3-4-5-6-7-8-9-10(2)11(12)13;1-2-8-6-4-3-5-7-8/h2-9H2,1H3,(H,12,13);2-7H,1H2. The molecule has 0 radical (unpaired) electrons. The molecule has 0 unspecified atom stereocenters. The molecule has 1 N–H and O–H groups in total. The summed E-state index contributed by atoms with van der Waals surface area (Å²) in [5.74, 6) is -0.853. The predicted molar refractivity (Wildman–Crippen MR) is 91.3 cm³/mol. The van der Waals surface area contributed by atoms with Crippen LogP contribution in [0.2, 0.25) is 0 Å². The van der Waals surface area contributed by atoms with Crippen LogP contribution in [0.15, 0.2) is 49.1 Å². The summed E-state index contributed by atoms with van der Waals surface area (Å²) in [6, 6.07) is 10.0. The molecule has 0 aliphatic heterocycles. The molecule has 0 amide bonds. The first-order valence-electron chi connectivity index (χ1n) is 7.70. The van der Waals surface area contributed by atoms with Crippen LogP contribution in [0.3, 0.4) is 0 Å². The highest BCUT2D eigenvalue weighted by Gasteiger charge is 2.02. The fraction of sp³-hybridized carbons (Fsp3) is 0.421. The molecule has 1 rings (SSSR count). The second kappa shape index (κ2) is 13.2. The van der Waals surface area contributed by atoms with Gasteiger partial charge in [0.15, 0.2) is 0 Å². The van der Waals surface area contributed by atoms with Crippen LogP contribution >= 0.6 is 0 Å². The number of hydrogen-bond donors (Lipinski definition) is 1. The van der Waals surface area contributed by atoms with Gasteiger partial charge in [-0.2, -0.15) is 0 Å². The van der Waals surface area contributed by atoms with E-state index >= 15 is 0 Å². The van der Waals surface area contributed by atoms with Gasteiger partial charge in [0.05, 0.1) is 0 Å². The molecule has 21 heavy (non-hydrogen) atoms. The third-order valence-electron chi connectivity index (χ3n) is 3.17. The normalized spacial score (nSPS) is 9.38. The molecule has 0 aromatic heterocycles. The molecule has 0 spiro atoms. The number of carboxylic acids is 1. The van der Waals surface area contributed by atoms with Gasteiger partial charge in [-0.15, -0.1) is 0 Å². The van der Waals surface area contributed by atoms with Crippen molar-refractivity contribution in [1.29, 1.82) is 0 Å². The van der Waals surface area contributed by atoms with Crippen molar-refractivity contribution in [3.05, 3.63) is 54.6 Å². The van der Waals surface area contributed by atoms with E-state index in [1.54, 1.807) is 0 Å². The minimum absolute atomic E-state index is 0.343. The fourth-order valence-electron chi connectivity index (χ4n) is 1.81. The third-order valence-corrected chi connectivity index (χ3v) is 3.17. The van der Waals surface area contributed by atoms with Crippen LogP contribution in [-0.4, -0.2) is 11.1 Å². The minimum Gasteiger partial charge on any atom is -0.478 e. The van der Waals surface area contributed by atoms with Gasteiger partial charge in [0, 0.05) is 5.57 Å². The molecule has 0 fully saturated rings. The Balaban J connectivity index is 0.000000423. The summed E-state index contributed by atoms with van der Waals surface area (Å²) in [6.45, 7) is 9.31. The predicted octanol–water partition coefficient (Wildman–Crippen LogP) is 5.71. The number of hydrogen-bond acceptors (Lipinski definition) is 1. The molecule has 1 aromatic rings. The number of benzene rings is 1. The molecule has 2 nitrogen and oxygen atoms in total. The summed E-state index contributed by atoms with van der Waals surface area (Å²) in [5, 5.41) is 8.52. The highest BCUT2D eigenvalue weighted by molar-refractivity contribution is 5.85. The molecule has 0 bridgehead atoms. The zero-order valence-corrected chi connectivity index (χ0v) is 13.2. The lowest BCUT2D eigenvalue weighted by Crippen LogP contribution is -1.98. The highest BCUT2D eigenvalue weighted by atomic mass is 16.4. The van der Waals surface area contributed by atoms with Gasteiger partial charge in [-0.1, -0.05) is 88.6 Å². The lowest BCUT2D eigenvalue weighted by molar-refractivity contribution is -0.132. The van der Waals surface area contributed by atoms with E-state index in [1.165, 1.54) is 31.2 Å². The van der Waals surface area contributed by atoms with Gasteiger partial charge in [-0.3, -0.25) is 0 Å². The number of aliphatic carboxylic acids is 1. The molecule has 0 aliphatic rings. The van der Waals surface area contributed by atoms with Crippen molar-refractivity contribution in [1.82, 2.24) is 0 Å². The molecule has 0 aliphatic carbocycles. The Morgan fingerprint density at radius 1 is 1.10 bits per heavy atom. The van der Waals surface area contributed by atoms with Crippen LogP contribution in [-0.2, 0) is 4.79 Å². The lowest BCUT2D eigenvalue weighted by Gasteiger charge is -2.00. The fourth-order valence-corrected chi connectivity index (χ4v) is 1.81. The van der Waals surface area contributed by atoms with Gasteiger partial charge in [0.2, 0.25) is 0 Å². The summed E-state index contributed by atoms with van der Waals surface area (Å²) in [6.07, 6.45) is 9.61. The zero-order valence-electron chi connectivity index (χ0n) is 13.2. The SMILES string of the molecule is C=C(CCCCCCCC)C(=O)O.C=Cc1ccccc1. The van der Waals surface area contributed by atoms with E-state index in [1.807, 2.05) is 36.4 Å². The number of unbranched alkanes of at least 4 members (excludes halogenated alkanes) is 5. The smallest absolute Gasteiger partial charge is 0.330 e. The summed E-state index contributed by atoms with van der Waals surface area (Å²) < 4.78 is 0. The largest absolute Gasteiger partial charge is 0.478 e. The van der Waals surface area contributed by atoms with E-state index in [0.29, 0.717) is 12.0 Å². The van der Waals surface area contributed by atoms with Gasteiger partial charge >= 0.3 is 5.97 Å². The highest BCUT2D eigenvalue weighted by Crippen LogP contribution is 2.10. The van der Waals surface area contributed by atoms with E-state index in [4.69, 9.17) is 5.11 Å². The quantitative estimate of drug-likeness (QED) is 0.467. The summed E-state index contributed by atoms with van der Waals surface area (Å²) >= 11 is 0. The lowest BCUT2D eigenvalue weighted by atomic mass is 10.1. The average Bonchev–Trinajstić information content (AvgIpc) is 2.51. The Labute approximate surface area is 129 Å². The topological polar surface area (TPSA) is 37.3 Å². The van der Waals surface area contributed by atoms with Crippen LogP contribution in [0.25, 0.3) is 6.08 Å². The van der Waals surface area contributed by atoms with E-state index < -0.39 is 5.97 Å². The van der Waals surface area contributed by atoms with Gasteiger partial charge in [-0.25, -0.2) is 4.79 Å². The molecule has 0 atom stereocenters. The van der Waals surface area contributed by atoms with E-state index in [2.05, 4.69) is 20.1 Å². The van der Waals surface area contributed by atoms with Crippen molar-refractivity contribution in [2.45, 2.75) is 51.9 Å². The van der Waals surface area contributed by atoms with E-state index in [-0.39, 0.29) is 0 Å².